The maximum absolute atomic E-state index is 11.1. The van der Waals surface area contributed by atoms with E-state index in [9.17, 15) is 4.79 Å². The second-order valence-electron chi connectivity index (χ2n) is 2.60. The quantitative estimate of drug-likeness (QED) is 0.568. The monoisotopic (exact) mass is 164 g/mol. The number of nitrogens with zero attached hydrogens (tertiary/aromatic N) is 2. The van der Waals surface area contributed by atoms with Crippen molar-refractivity contribution in [1.82, 2.24) is 14.5 Å². The van der Waals surface area contributed by atoms with Crippen LogP contribution in [0.1, 0.15) is 0 Å². The number of imidazole rings is 1. The van der Waals surface area contributed by atoms with Crippen LogP contribution < -0.4 is 11.4 Å². The number of rotatable bonds is 0. The van der Waals surface area contributed by atoms with Crippen molar-refractivity contribution in [3.8, 4) is 0 Å². The molecular weight excluding hydrogens is 156 g/mol. The van der Waals surface area contributed by atoms with Crippen LogP contribution >= 0.6 is 0 Å². The minimum atomic E-state index is -0.178. The number of hydrogen-bond donors (Lipinski definition) is 2. The minimum absolute atomic E-state index is 0.178. The summed E-state index contributed by atoms with van der Waals surface area (Å²) in [5.74, 6) is 0.414. The molecule has 0 spiro atoms. The molecule has 3 N–H and O–H groups in total. The molecule has 0 unspecified atom stereocenters. The smallest absolute Gasteiger partial charge is 0.327 e. The van der Waals surface area contributed by atoms with E-state index in [1.807, 2.05) is 0 Å². The first-order valence-corrected chi connectivity index (χ1v) is 3.50. The zero-order chi connectivity index (χ0) is 8.72. The number of nitrogen functional groups attached to an aromatic ring is 1. The third-order valence-corrected chi connectivity index (χ3v) is 1.76. The Balaban J connectivity index is 2.98. The van der Waals surface area contributed by atoms with E-state index < -0.39 is 0 Å². The molecule has 0 saturated heterocycles. The molecule has 0 aliphatic carbocycles. The molecule has 0 amide bonds. The van der Waals surface area contributed by atoms with Gasteiger partial charge >= 0.3 is 5.69 Å². The van der Waals surface area contributed by atoms with E-state index in [1.165, 1.54) is 4.57 Å². The molecule has 2 aromatic rings. The summed E-state index contributed by atoms with van der Waals surface area (Å²) in [6.07, 6.45) is 0. The maximum atomic E-state index is 11.1. The number of fused-ring (bicyclic) bond motifs is 1. The second kappa shape index (κ2) is 2.10. The van der Waals surface area contributed by atoms with Crippen molar-refractivity contribution in [2.75, 3.05) is 5.73 Å². The van der Waals surface area contributed by atoms with Crippen molar-refractivity contribution >= 4 is 17.0 Å². The van der Waals surface area contributed by atoms with Gasteiger partial charge in [0.05, 0.1) is 5.52 Å². The molecule has 0 aliphatic rings. The molecule has 0 bridgehead atoms. The fourth-order valence-electron chi connectivity index (χ4n) is 1.11. The third kappa shape index (κ3) is 0.795. The Hall–Kier alpha value is -1.78. The van der Waals surface area contributed by atoms with Crippen molar-refractivity contribution in [3.63, 3.8) is 0 Å². The first kappa shape index (κ1) is 6.90. The van der Waals surface area contributed by atoms with Gasteiger partial charge in [0, 0.05) is 7.05 Å². The lowest BCUT2D eigenvalue weighted by atomic mass is 10.4. The number of H-pyrrole nitrogens is 1. The van der Waals surface area contributed by atoms with Gasteiger partial charge in [-0.25, -0.2) is 9.78 Å². The van der Waals surface area contributed by atoms with Gasteiger partial charge in [0.2, 0.25) is 0 Å². The first-order chi connectivity index (χ1) is 5.68. The molecule has 0 atom stereocenters. The lowest BCUT2D eigenvalue weighted by molar-refractivity contribution is 0.879. The standard InChI is InChI=1S/C7H8N4O/c1-11-6-4(9-7(11)12)2-3-5(8)10-6/h2-3H,1H3,(H2,8,10)(H,9,12). The second-order valence-corrected chi connectivity index (χ2v) is 2.60. The summed E-state index contributed by atoms with van der Waals surface area (Å²) in [5, 5.41) is 0. The zero-order valence-electron chi connectivity index (χ0n) is 6.53. The highest BCUT2D eigenvalue weighted by Gasteiger charge is 2.02. The van der Waals surface area contributed by atoms with Gasteiger partial charge in [-0.15, -0.1) is 0 Å². The van der Waals surface area contributed by atoms with Gasteiger partial charge in [-0.05, 0) is 12.1 Å². The molecule has 0 radical (unpaired) electrons. The lowest BCUT2D eigenvalue weighted by Crippen LogP contribution is -2.12. The average Bonchev–Trinajstić information content (AvgIpc) is 2.31. The van der Waals surface area contributed by atoms with E-state index in [-0.39, 0.29) is 5.69 Å². The average molecular weight is 164 g/mol. The van der Waals surface area contributed by atoms with Gasteiger partial charge in [-0.2, -0.15) is 0 Å². The van der Waals surface area contributed by atoms with E-state index in [4.69, 9.17) is 5.73 Å². The van der Waals surface area contributed by atoms with Crippen molar-refractivity contribution in [2.45, 2.75) is 0 Å². The predicted octanol–water partition coefficient (Wildman–Crippen LogP) is -0.156. The minimum Gasteiger partial charge on any atom is -0.384 e. The number of pyridine rings is 1. The van der Waals surface area contributed by atoms with Crippen molar-refractivity contribution in [3.05, 3.63) is 22.6 Å². The highest BCUT2D eigenvalue weighted by Crippen LogP contribution is 2.07. The van der Waals surface area contributed by atoms with Gasteiger partial charge in [0.1, 0.15) is 5.82 Å². The summed E-state index contributed by atoms with van der Waals surface area (Å²) < 4.78 is 1.42. The van der Waals surface area contributed by atoms with E-state index in [1.54, 1.807) is 19.2 Å². The molecule has 62 valence electrons. The van der Waals surface area contributed by atoms with Gasteiger partial charge in [0.15, 0.2) is 5.65 Å². The lowest BCUT2D eigenvalue weighted by Gasteiger charge is -1.93. The number of nitrogens with one attached hydrogen (secondary N) is 1. The van der Waals surface area contributed by atoms with E-state index in [0.29, 0.717) is 17.0 Å². The number of aromatic amines is 1. The van der Waals surface area contributed by atoms with Crippen LogP contribution in [-0.4, -0.2) is 14.5 Å². The summed E-state index contributed by atoms with van der Waals surface area (Å²) in [6, 6.07) is 3.39. The molecule has 5 nitrogen and oxygen atoms in total. The Morgan fingerprint density at radius 2 is 2.33 bits per heavy atom. The van der Waals surface area contributed by atoms with Crippen molar-refractivity contribution in [2.24, 2.45) is 7.05 Å². The number of aryl methyl sites for hydroxylation is 1. The van der Waals surface area contributed by atoms with E-state index in [2.05, 4.69) is 9.97 Å². The number of aromatic nitrogens is 3. The van der Waals surface area contributed by atoms with Gasteiger partial charge in [0.25, 0.3) is 0 Å². The summed E-state index contributed by atoms with van der Waals surface area (Å²) >= 11 is 0. The maximum Gasteiger partial charge on any atom is 0.327 e. The van der Waals surface area contributed by atoms with Crippen LogP contribution in [0.2, 0.25) is 0 Å². The van der Waals surface area contributed by atoms with Crippen LogP contribution in [-0.2, 0) is 7.05 Å². The molecule has 0 saturated carbocycles. The molecule has 2 aromatic heterocycles. The van der Waals surface area contributed by atoms with Gasteiger partial charge in [-0.3, -0.25) is 4.57 Å². The highest BCUT2D eigenvalue weighted by molar-refractivity contribution is 5.72. The van der Waals surface area contributed by atoms with Crippen molar-refractivity contribution in [1.29, 1.82) is 0 Å². The van der Waals surface area contributed by atoms with Crippen LogP contribution in [0.15, 0.2) is 16.9 Å². The van der Waals surface area contributed by atoms with Crippen LogP contribution in [0.4, 0.5) is 5.82 Å². The predicted molar refractivity (Wildman–Crippen MR) is 45.7 cm³/mol. The summed E-state index contributed by atoms with van der Waals surface area (Å²) in [5.41, 5.74) is 6.57. The number of nitrogens with two attached hydrogens (primary N) is 1. The normalized spacial score (nSPS) is 10.8. The molecule has 0 fully saturated rings. The molecule has 2 rings (SSSR count). The molecular formula is C7H8N4O. The third-order valence-electron chi connectivity index (χ3n) is 1.76. The van der Waals surface area contributed by atoms with Gasteiger partial charge < -0.3 is 10.7 Å². The Morgan fingerprint density at radius 1 is 1.58 bits per heavy atom. The van der Waals surface area contributed by atoms with Crippen LogP contribution in [0, 0.1) is 0 Å². The van der Waals surface area contributed by atoms with Crippen LogP contribution in [0.5, 0.6) is 0 Å². The fraction of sp³-hybridized carbons (Fsp3) is 0.143. The molecule has 0 aliphatic heterocycles. The first-order valence-electron chi connectivity index (χ1n) is 3.50. The topological polar surface area (TPSA) is 76.7 Å². The molecule has 2 heterocycles. The Kier molecular flexibility index (Phi) is 1.21. The van der Waals surface area contributed by atoms with E-state index >= 15 is 0 Å². The Bertz CT molecular complexity index is 482. The molecule has 12 heavy (non-hydrogen) atoms. The molecule has 0 aromatic carbocycles. The number of hydrogen-bond acceptors (Lipinski definition) is 3. The summed E-state index contributed by atoms with van der Waals surface area (Å²) in [7, 11) is 1.65. The van der Waals surface area contributed by atoms with Crippen LogP contribution in [0.25, 0.3) is 11.2 Å². The Morgan fingerprint density at radius 3 is 3.08 bits per heavy atom. The fourth-order valence-corrected chi connectivity index (χ4v) is 1.11. The van der Waals surface area contributed by atoms with Crippen molar-refractivity contribution < 1.29 is 0 Å². The number of anilines is 1. The largest absolute Gasteiger partial charge is 0.384 e. The van der Waals surface area contributed by atoms with Gasteiger partial charge in [-0.1, -0.05) is 0 Å². The molecule has 5 heteroatoms. The Labute approximate surface area is 67.8 Å². The summed E-state index contributed by atoms with van der Waals surface area (Å²) in [4.78, 5) is 17.7. The highest BCUT2D eigenvalue weighted by atomic mass is 16.1. The van der Waals surface area contributed by atoms with E-state index in [0.717, 1.165) is 0 Å². The SMILES string of the molecule is Cn1c(=O)[nH]c2ccc(N)nc21. The summed E-state index contributed by atoms with van der Waals surface area (Å²) in [6.45, 7) is 0. The van der Waals surface area contributed by atoms with Crippen LogP contribution in [0.3, 0.4) is 0 Å². The zero-order valence-corrected chi connectivity index (χ0v) is 6.53.